The number of hydrogen-bond acceptors (Lipinski definition) is 4. The summed E-state index contributed by atoms with van der Waals surface area (Å²) in [6, 6.07) is 8.67. The van der Waals surface area contributed by atoms with E-state index >= 15 is 0 Å². The van der Waals surface area contributed by atoms with Crippen molar-refractivity contribution in [3.05, 3.63) is 29.8 Å². The molecule has 0 radical (unpaired) electrons. The second kappa shape index (κ2) is 9.13. The molecule has 4 heteroatoms. The zero-order valence-corrected chi connectivity index (χ0v) is 14.1. The third kappa shape index (κ3) is 4.45. The van der Waals surface area contributed by atoms with E-state index < -0.39 is 0 Å². The van der Waals surface area contributed by atoms with Crippen LogP contribution in [0.3, 0.4) is 0 Å². The molecule has 0 amide bonds. The van der Waals surface area contributed by atoms with Crippen molar-refractivity contribution in [1.29, 1.82) is 0 Å². The van der Waals surface area contributed by atoms with Crippen LogP contribution in [-0.2, 0) is 0 Å². The van der Waals surface area contributed by atoms with Gasteiger partial charge in [0, 0.05) is 18.7 Å². The van der Waals surface area contributed by atoms with Crippen molar-refractivity contribution in [1.82, 2.24) is 9.80 Å². The van der Waals surface area contributed by atoms with Crippen LogP contribution in [0.1, 0.15) is 38.3 Å². The van der Waals surface area contributed by atoms with E-state index in [0.717, 1.165) is 45.1 Å². The molecule has 0 bridgehead atoms. The van der Waals surface area contributed by atoms with E-state index in [4.69, 9.17) is 10.5 Å². The van der Waals surface area contributed by atoms with Crippen LogP contribution in [0.4, 0.5) is 0 Å². The molecular formula is C18H31N3O. The van der Waals surface area contributed by atoms with Crippen LogP contribution < -0.4 is 10.5 Å². The van der Waals surface area contributed by atoms with E-state index in [1.54, 1.807) is 0 Å². The highest BCUT2D eigenvalue weighted by Crippen LogP contribution is 2.31. The first-order chi connectivity index (χ1) is 10.8. The van der Waals surface area contributed by atoms with Crippen LogP contribution in [0.15, 0.2) is 24.3 Å². The number of nitrogens with two attached hydrogens (primary N) is 1. The number of rotatable bonds is 9. The van der Waals surface area contributed by atoms with Gasteiger partial charge < -0.3 is 15.4 Å². The van der Waals surface area contributed by atoms with Crippen LogP contribution in [0.25, 0.3) is 0 Å². The molecule has 1 aliphatic rings. The van der Waals surface area contributed by atoms with Crippen LogP contribution in [-0.4, -0.2) is 55.7 Å². The lowest BCUT2D eigenvalue weighted by atomic mass is 10.0. The number of benzene rings is 1. The molecular weight excluding hydrogens is 274 g/mol. The highest BCUT2D eigenvalue weighted by molar-refractivity contribution is 5.36. The average Bonchev–Trinajstić information content (AvgIpc) is 3.08. The fraction of sp³-hybridized carbons (Fsp3) is 0.667. The summed E-state index contributed by atoms with van der Waals surface area (Å²) < 4.78 is 6.09. The summed E-state index contributed by atoms with van der Waals surface area (Å²) in [5, 5.41) is 0. The smallest absolute Gasteiger partial charge is 0.124 e. The number of likely N-dealkylation sites (N-methyl/N-ethyl adjacent to an activating group) is 1. The van der Waals surface area contributed by atoms with Gasteiger partial charge in [0.05, 0.1) is 6.04 Å². The molecule has 0 spiro atoms. The maximum absolute atomic E-state index is 6.09. The van der Waals surface area contributed by atoms with Crippen molar-refractivity contribution >= 4 is 0 Å². The van der Waals surface area contributed by atoms with E-state index in [0.29, 0.717) is 6.54 Å². The van der Waals surface area contributed by atoms with Gasteiger partial charge in [-0.25, -0.2) is 0 Å². The van der Waals surface area contributed by atoms with Gasteiger partial charge in [-0.2, -0.15) is 0 Å². The number of hydrogen-bond donors (Lipinski definition) is 1. The number of nitrogens with zero attached hydrogens (tertiary/aromatic N) is 2. The van der Waals surface area contributed by atoms with E-state index in [1.165, 1.54) is 18.4 Å². The van der Waals surface area contributed by atoms with Crippen LogP contribution in [0.5, 0.6) is 5.75 Å². The van der Waals surface area contributed by atoms with Gasteiger partial charge in [0.1, 0.15) is 12.4 Å². The predicted octanol–water partition coefficient (Wildman–Crippen LogP) is 2.50. The average molecular weight is 305 g/mol. The molecule has 1 aromatic carbocycles. The summed E-state index contributed by atoms with van der Waals surface area (Å²) in [5.74, 6) is 0.997. The van der Waals surface area contributed by atoms with Gasteiger partial charge in [-0.15, -0.1) is 0 Å². The minimum Gasteiger partial charge on any atom is -0.492 e. The summed E-state index contributed by atoms with van der Waals surface area (Å²) in [6.45, 7) is 11.2. The zero-order valence-electron chi connectivity index (χ0n) is 14.1. The Morgan fingerprint density at radius 1 is 1.18 bits per heavy atom. The molecule has 2 N–H and O–H groups in total. The van der Waals surface area contributed by atoms with E-state index in [2.05, 4.69) is 41.8 Å². The second-order valence-electron chi connectivity index (χ2n) is 5.91. The molecule has 4 nitrogen and oxygen atoms in total. The second-order valence-corrected chi connectivity index (χ2v) is 5.91. The Labute approximate surface area is 135 Å². The summed E-state index contributed by atoms with van der Waals surface area (Å²) in [4.78, 5) is 4.87. The third-order valence-electron chi connectivity index (χ3n) is 4.64. The molecule has 0 aliphatic carbocycles. The lowest BCUT2D eigenvalue weighted by molar-refractivity contribution is 0.211. The summed E-state index contributed by atoms with van der Waals surface area (Å²) in [5.41, 5.74) is 7.31. The van der Waals surface area contributed by atoms with Crippen molar-refractivity contribution in [2.24, 2.45) is 5.73 Å². The van der Waals surface area contributed by atoms with Crippen LogP contribution in [0.2, 0.25) is 0 Å². The first kappa shape index (κ1) is 17.3. The fourth-order valence-corrected chi connectivity index (χ4v) is 3.24. The Kier molecular flexibility index (Phi) is 7.16. The Hall–Kier alpha value is -1.10. The molecule has 0 saturated carbocycles. The molecule has 22 heavy (non-hydrogen) atoms. The van der Waals surface area contributed by atoms with Crippen LogP contribution in [0, 0.1) is 0 Å². The molecule has 1 heterocycles. The van der Waals surface area contributed by atoms with Crippen molar-refractivity contribution in [2.45, 2.75) is 32.7 Å². The minimum absolute atomic E-state index is 0.284. The highest BCUT2D eigenvalue weighted by Gasteiger charge is 2.24. The van der Waals surface area contributed by atoms with Crippen LogP contribution >= 0.6 is 0 Å². The van der Waals surface area contributed by atoms with Gasteiger partial charge in [-0.1, -0.05) is 32.0 Å². The van der Waals surface area contributed by atoms with Crippen molar-refractivity contribution in [3.8, 4) is 5.75 Å². The van der Waals surface area contributed by atoms with E-state index in [1.807, 2.05) is 6.07 Å². The quantitative estimate of drug-likeness (QED) is 0.761. The monoisotopic (exact) mass is 305 g/mol. The molecule has 1 atom stereocenters. The first-order valence-corrected chi connectivity index (χ1v) is 8.68. The maximum atomic E-state index is 6.09. The standard InChI is InChI=1S/C18H31N3O/c1-3-20(4-2)13-14-22-18-10-6-5-9-16(18)17(15-19)21-11-7-8-12-21/h5-6,9-10,17H,3-4,7-8,11-15,19H2,1-2H3. The number of para-hydroxylation sites is 1. The van der Waals surface area contributed by atoms with Gasteiger partial charge in [-0.3, -0.25) is 4.90 Å². The predicted molar refractivity (Wildman–Crippen MR) is 92.3 cm³/mol. The Bertz CT molecular complexity index is 428. The Morgan fingerprint density at radius 3 is 2.50 bits per heavy atom. The molecule has 1 aliphatic heterocycles. The topological polar surface area (TPSA) is 41.7 Å². The fourth-order valence-electron chi connectivity index (χ4n) is 3.24. The SMILES string of the molecule is CCN(CC)CCOc1ccccc1C(CN)N1CCCC1. The van der Waals surface area contributed by atoms with Crippen molar-refractivity contribution < 1.29 is 4.74 Å². The third-order valence-corrected chi connectivity index (χ3v) is 4.64. The molecule has 1 saturated heterocycles. The van der Waals surface area contributed by atoms with E-state index in [-0.39, 0.29) is 6.04 Å². The maximum Gasteiger partial charge on any atom is 0.124 e. The molecule has 2 rings (SSSR count). The molecule has 1 fully saturated rings. The molecule has 1 aromatic rings. The molecule has 1 unspecified atom stereocenters. The van der Waals surface area contributed by atoms with Gasteiger partial charge in [0.15, 0.2) is 0 Å². The highest BCUT2D eigenvalue weighted by atomic mass is 16.5. The van der Waals surface area contributed by atoms with E-state index in [9.17, 15) is 0 Å². The number of ether oxygens (including phenoxy) is 1. The van der Waals surface area contributed by atoms with Gasteiger partial charge in [0.2, 0.25) is 0 Å². The molecule has 124 valence electrons. The molecule has 0 aromatic heterocycles. The van der Waals surface area contributed by atoms with Crippen molar-refractivity contribution in [3.63, 3.8) is 0 Å². The minimum atomic E-state index is 0.284. The lowest BCUT2D eigenvalue weighted by Crippen LogP contribution is -2.32. The summed E-state index contributed by atoms with van der Waals surface area (Å²) >= 11 is 0. The summed E-state index contributed by atoms with van der Waals surface area (Å²) in [7, 11) is 0. The Balaban J connectivity index is 2.02. The van der Waals surface area contributed by atoms with Crippen molar-refractivity contribution in [2.75, 3.05) is 45.9 Å². The summed E-state index contributed by atoms with van der Waals surface area (Å²) in [6.07, 6.45) is 2.56. The van der Waals surface area contributed by atoms with Gasteiger partial charge >= 0.3 is 0 Å². The number of likely N-dealkylation sites (tertiary alicyclic amines) is 1. The lowest BCUT2D eigenvalue weighted by Gasteiger charge is -2.28. The Morgan fingerprint density at radius 2 is 1.86 bits per heavy atom. The largest absolute Gasteiger partial charge is 0.492 e. The first-order valence-electron chi connectivity index (χ1n) is 8.68. The normalized spacial score (nSPS) is 17.1. The van der Waals surface area contributed by atoms with Gasteiger partial charge in [-0.05, 0) is 45.1 Å². The van der Waals surface area contributed by atoms with Gasteiger partial charge in [0.25, 0.3) is 0 Å². The zero-order chi connectivity index (χ0) is 15.8.